The Kier molecular flexibility index (Phi) is 7.19. The number of hydrogen-bond donors (Lipinski definition) is 3. The number of alkyl halides is 6. The molecule has 0 radical (unpaired) electrons. The highest BCUT2D eigenvalue weighted by Crippen LogP contribution is 2.32. The molecule has 1 aliphatic rings. The summed E-state index contributed by atoms with van der Waals surface area (Å²) in [5.41, 5.74) is 1.47. The maximum atomic E-state index is 12.8. The Morgan fingerprint density at radius 2 is 1.71 bits per heavy atom. The van der Waals surface area contributed by atoms with Crippen molar-refractivity contribution < 1.29 is 40.8 Å². The van der Waals surface area contributed by atoms with Crippen LogP contribution in [0.4, 0.5) is 32.2 Å². The number of carbonyl (C=O) groups excluding carboxylic acids is 2. The lowest BCUT2D eigenvalue weighted by Gasteiger charge is -2.13. The fourth-order valence-corrected chi connectivity index (χ4v) is 2.93. The summed E-state index contributed by atoms with van der Waals surface area (Å²) in [6.07, 6.45) is -9.39. The van der Waals surface area contributed by atoms with Crippen LogP contribution in [-0.4, -0.2) is 35.2 Å². The number of rotatable bonds is 5. The summed E-state index contributed by atoms with van der Waals surface area (Å²) in [6.45, 7) is -0.0189. The van der Waals surface area contributed by atoms with Gasteiger partial charge in [-0.1, -0.05) is 22.8 Å². The van der Waals surface area contributed by atoms with Crippen LogP contribution < -0.4 is 16.2 Å². The molecular weight excluding hydrogens is 496 g/mol. The van der Waals surface area contributed by atoms with Crippen LogP contribution >= 0.6 is 11.6 Å². The Morgan fingerprint density at radius 1 is 1.03 bits per heavy atom. The first kappa shape index (κ1) is 25.1. The maximum absolute atomic E-state index is 12.8. The average molecular weight is 510 g/mol. The van der Waals surface area contributed by atoms with Gasteiger partial charge in [-0.25, -0.2) is 4.98 Å². The normalized spacial score (nSPS) is 15.9. The molecule has 0 fully saturated rings. The first-order chi connectivity index (χ1) is 15.8. The van der Waals surface area contributed by atoms with E-state index in [4.69, 9.17) is 16.4 Å². The van der Waals surface area contributed by atoms with Gasteiger partial charge in [0.2, 0.25) is 0 Å². The zero-order valence-electron chi connectivity index (χ0n) is 16.7. The van der Waals surface area contributed by atoms with E-state index in [1.165, 1.54) is 0 Å². The number of nitrogens with one attached hydrogen (secondary N) is 3. The second kappa shape index (κ2) is 9.75. The van der Waals surface area contributed by atoms with Crippen LogP contribution in [0.15, 0.2) is 41.7 Å². The Bertz CT molecular complexity index is 1120. The molecule has 3 N–H and O–H groups in total. The molecule has 0 bridgehead atoms. The smallest absolute Gasteiger partial charge is 0.390 e. The number of pyridine rings is 1. The van der Waals surface area contributed by atoms with Gasteiger partial charge in [0.1, 0.15) is 11.5 Å². The summed E-state index contributed by atoms with van der Waals surface area (Å²) < 4.78 is 76.2. The lowest BCUT2D eigenvalue weighted by atomic mass is 10.1. The Labute approximate surface area is 192 Å². The summed E-state index contributed by atoms with van der Waals surface area (Å²) in [7, 11) is 0. The van der Waals surface area contributed by atoms with Gasteiger partial charge in [0.25, 0.3) is 11.8 Å². The molecule has 34 heavy (non-hydrogen) atoms. The van der Waals surface area contributed by atoms with E-state index < -0.39 is 41.4 Å². The van der Waals surface area contributed by atoms with Crippen molar-refractivity contribution >= 4 is 34.9 Å². The number of amides is 2. The number of aromatic nitrogens is 1. The minimum absolute atomic E-state index is 0.0189. The van der Waals surface area contributed by atoms with Crippen molar-refractivity contribution in [2.24, 2.45) is 5.16 Å². The van der Waals surface area contributed by atoms with E-state index >= 15 is 0 Å². The van der Waals surface area contributed by atoms with Crippen LogP contribution in [0.25, 0.3) is 0 Å². The van der Waals surface area contributed by atoms with Gasteiger partial charge in [0.15, 0.2) is 6.10 Å². The van der Waals surface area contributed by atoms with E-state index in [9.17, 15) is 35.9 Å². The van der Waals surface area contributed by atoms with Gasteiger partial charge in [-0.3, -0.25) is 20.4 Å². The molecule has 1 aromatic carbocycles. The van der Waals surface area contributed by atoms with Gasteiger partial charge in [0.05, 0.1) is 22.7 Å². The van der Waals surface area contributed by atoms with Crippen molar-refractivity contribution in [2.45, 2.75) is 24.9 Å². The molecule has 2 heterocycles. The van der Waals surface area contributed by atoms with Crippen molar-refractivity contribution in [3.63, 3.8) is 0 Å². The molecule has 1 aromatic heterocycles. The lowest BCUT2D eigenvalue weighted by Crippen LogP contribution is -2.45. The summed E-state index contributed by atoms with van der Waals surface area (Å²) in [6, 6.07) is 4.30. The molecular formula is C19H14ClF6N5O3. The maximum Gasteiger partial charge on any atom is 0.417 e. The number of carbonyl (C=O) groups is 2. The Balaban J connectivity index is 1.48. The minimum atomic E-state index is -4.64. The molecule has 182 valence electrons. The monoisotopic (exact) mass is 509 g/mol. The molecule has 2 amide bonds. The van der Waals surface area contributed by atoms with Crippen molar-refractivity contribution in [2.75, 3.05) is 11.9 Å². The third-order valence-corrected chi connectivity index (χ3v) is 4.69. The summed E-state index contributed by atoms with van der Waals surface area (Å²) in [5, 5.41) is 5.96. The number of halogens is 7. The fraction of sp³-hybridized carbons (Fsp3) is 0.263. The van der Waals surface area contributed by atoms with E-state index in [2.05, 4.69) is 15.5 Å². The average Bonchev–Trinajstić information content (AvgIpc) is 3.24. The van der Waals surface area contributed by atoms with Gasteiger partial charge in [0, 0.05) is 18.2 Å². The van der Waals surface area contributed by atoms with Gasteiger partial charge >= 0.3 is 12.4 Å². The first-order valence-corrected chi connectivity index (χ1v) is 9.69. The minimum Gasteiger partial charge on any atom is -0.390 e. The van der Waals surface area contributed by atoms with Gasteiger partial charge < -0.3 is 10.2 Å². The van der Waals surface area contributed by atoms with Crippen LogP contribution in [0.3, 0.4) is 0 Å². The van der Waals surface area contributed by atoms with E-state index in [0.717, 1.165) is 18.2 Å². The third-order valence-electron chi connectivity index (χ3n) is 4.40. The van der Waals surface area contributed by atoms with Crippen LogP contribution in [0.1, 0.15) is 27.9 Å². The first-order valence-electron chi connectivity index (χ1n) is 9.32. The summed E-state index contributed by atoms with van der Waals surface area (Å²) in [4.78, 5) is 32.8. The highest BCUT2D eigenvalue weighted by atomic mass is 35.5. The van der Waals surface area contributed by atoms with Crippen molar-refractivity contribution in [1.29, 1.82) is 0 Å². The molecule has 3 rings (SSSR count). The predicted octanol–water partition coefficient (Wildman–Crippen LogP) is 3.79. The fourth-order valence-electron chi connectivity index (χ4n) is 2.70. The molecule has 15 heteroatoms. The van der Waals surface area contributed by atoms with Gasteiger partial charge in [-0.15, -0.1) is 0 Å². The SMILES string of the molecule is O=C(NNC(=O)c1cccc(C(F)(F)F)c1)C1=NO[C@H](CNc2ncc(C(F)(F)F)cc2Cl)C1. The molecule has 0 spiro atoms. The number of hydrogen-bond acceptors (Lipinski definition) is 6. The third kappa shape index (κ3) is 6.27. The molecule has 2 aromatic rings. The topological polar surface area (TPSA) is 105 Å². The van der Waals surface area contributed by atoms with Crippen molar-refractivity contribution in [3.8, 4) is 0 Å². The highest BCUT2D eigenvalue weighted by molar-refractivity contribution is 6.39. The van der Waals surface area contributed by atoms with Crippen molar-refractivity contribution in [1.82, 2.24) is 15.8 Å². The largest absolute Gasteiger partial charge is 0.417 e. The number of nitrogens with zero attached hydrogens (tertiary/aromatic N) is 2. The number of oxime groups is 1. The predicted molar refractivity (Wildman–Crippen MR) is 107 cm³/mol. The molecule has 0 aliphatic carbocycles. The number of anilines is 1. The quantitative estimate of drug-likeness (QED) is 0.420. The number of hydrazine groups is 1. The van der Waals surface area contributed by atoms with Gasteiger partial charge in [-0.2, -0.15) is 26.3 Å². The van der Waals surface area contributed by atoms with Gasteiger partial charge in [-0.05, 0) is 24.3 Å². The van der Waals surface area contributed by atoms with Crippen LogP contribution in [-0.2, 0) is 22.0 Å². The second-order valence-corrected chi connectivity index (χ2v) is 7.30. The van der Waals surface area contributed by atoms with Crippen LogP contribution in [0.5, 0.6) is 0 Å². The summed E-state index contributed by atoms with van der Waals surface area (Å²) >= 11 is 5.79. The summed E-state index contributed by atoms with van der Waals surface area (Å²) in [5.74, 6) is -1.89. The molecule has 0 saturated heterocycles. The second-order valence-electron chi connectivity index (χ2n) is 6.89. The van der Waals surface area contributed by atoms with E-state index in [-0.39, 0.29) is 35.1 Å². The van der Waals surface area contributed by atoms with E-state index in [0.29, 0.717) is 18.3 Å². The molecule has 0 unspecified atom stereocenters. The van der Waals surface area contributed by atoms with Crippen LogP contribution in [0, 0.1) is 0 Å². The zero-order valence-corrected chi connectivity index (χ0v) is 17.5. The standard InChI is InChI=1S/C19H14ClF6N5O3/c20-13-5-11(19(24,25)26)7-27-15(13)28-8-12-6-14(31-34-12)17(33)30-29-16(32)9-2-1-3-10(4-9)18(21,22)23/h1-5,7,12H,6,8H2,(H,27,28)(H,29,32)(H,30,33)/t12-/m0/s1. The van der Waals surface area contributed by atoms with E-state index in [1.54, 1.807) is 0 Å². The van der Waals surface area contributed by atoms with Crippen LogP contribution in [0.2, 0.25) is 5.02 Å². The molecule has 0 saturated carbocycles. The zero-order chi connectivity index (χ0) is 25.1. The molecule has 8 nitrogen and oxygen atoms in total. The Morgan fingerprint density at radius 3 is 2.35 bits per heavy atom. The highest BCUT2D eigenvalue weighted by Gasteiger charge is 2.32. The molecule has 1 atom stereocenters. The molecule has 1 aliphatic heterocycles. The number of benzene rings is 1. The Hall–Kier alpha value is -3.55. The van der Waals surface area contributed by atoms with Crippen molar-refractivity contribution in [3.05, 3.63) is 58.2 Å². The lowest BCUT2D eigenvalue weighted by molar-refractivity contribution is -0.138. The van der Waals surface area contributed by atoms with E-state index in [1.807, 2.05) is 10.9 Å².